The van der Waals surface area contributed by atoms with Crippen molar-refractivity contribution in [2.45, 2.75) is 0 Å². The van der Waals surface area contributed by atoms with Crippen molar-refractivity contribution in [3.63, 3.8) is 0 Å². The molecule has 0 aliphatic carbocycles. The average Bonchev–Trinajstić information content (AvgIpc) is 3.65. The predicted octanol–water partition coefficient (Wildman–Crippen LogP) is 12.2. The first-order valence-corrected chi connectivity index (χ1v) is 13.7. The molecule has 1 heterocycles. The highest BCUT2D eigenvalue weighted by Gasteiger charge is 2.21. The van der Waals surface area contributed by atoms with Crippen LogP contribution in [0.25, 0.3) is 65.4 Å². The second kappa shape index (κ2) is 9.86. The van der Waals surface area contributed by atoms with Crippen molar-refractivity contribution >= 4 is 71.3 Å². The standard InChI is InChI=1S/C42H27NO/c1-4-15-33-28(10-1)13-7-18-34(33)31-22-25-32(26-23-31)43(38-19-8-14-29-11-2-5-16-35(29)38)39-20-9-21-40-41(39)37-27-24-30-12-3-6-17-36(30)42(37)44-40/h1-27H/i2D,3D,5D,6D,8D,9D,11D,12D,14D,16D,17D,19D,20D,21D,24D,27D. The average molecular weight is 578 g/mol. The lowest BCUT2D eigenvalue weighted by atomic mass is 9.97. The number of hydrogen-bond donors (Lipinski definition) is 0. The van der Waals surface area contributed by atoms with E-state index in [1.807, 2.05) is 42.5 Å². The van der Waals surface area contributed by atoms with E-state index in [4.69, 9.17) is 22.2 Å². The molecule has 9 aromatic rings. The summed E-state index contributed by atoms with van der Waals surface area (Å²) in [5.41, 5.74) is 0.226. The van der Waals surface area contributed by atoms with Gasteiger partial charge in [0.05, 0.1) is 38.7 Å². The van der Waals surface area contributed by atoms with E-state index in [2.05, 4.69) is 0 Å². The van der Waals surface area contributed by atoms with Crippen LogP contribution < -0.4 is 4.90 Å². The Labute approximate surface area is 277 Å². The lowest BCUT2D eigenvalue weighted by molar-refractivity contribution is 0.672. The van der Waals surface area contributed by atoms with E-state index in [1.54, 1.807) is 24.3 Å². The first kappa shape index (κ1) is 13.6. The summed E-state index contributed by atoms with van der Waals surface area (Å²) in [5.74, 6) is 0. The van der Waals surface area contributed by atoms with Crippen LogP contribution in [0.5, 0.6) is 0 Å². The van der Waals surface area contributed by atoms with Crippen LogP contribution in [0, 0.1) is 0 Å². The van der Waals surface area contributed by atoms with E-state index in [0.717, 1.165) is 21.9 Å². The van der Waals surface area contributed by atoms with E-state index >= 15 is 0 Å². The van der Waals surface area contributed by atoms with Gasteiger partial charge in [-0.05, 0) is 69.0 Å². The van der Waals surface area contributed by atoms with Crippen LogP contribution >= 0.6 is 0 Å². The van der Waals surface area contributed by atoms with Gasteiger partial charge in [-0.2, -0.15) is 0 Å². The molecule has 0 N–H and O–H groups in total. The molecule has 0 spiro atoms. The second-order valence-corrected chi connectivity index (χ2v) is 10.1. The first-order chi connectivity index (χ1) is 28.5. The zero-order valence-electron chi connectivity index (χ0n) is 38.7. The van der Waals surface area contributed by atoms with Crippen LogP contribution in [-0.4, -0.2) is 0 Å². The molecule has 0 saturated carbocycles. The molecule has 0 atom stereocenters. The Bertz CT molecular complexity index is 3390. The molecule has 44 heavy (non-hydrogen) atoms. The maximum atomic E-state index is 9.48. The molecule has 1 aromatic heterocycles. The third-order valence-electron chi connectivity index (χ3n) is 7.70. The highest BCUT2D eigenvalue weighted by atomic mass is 16.3. The molecule has 0 aliphatic heterocycles. The number of rotatable bonds is 4. The van der Waals surface area contributed by atoms with Crippen molar-refractivity contribution in [1.82, 2.24) is 0 Å². The van der Waals surface area contributed by atoms with E-state index in [9.17, 15) is 4.11 Å². The maximum absolute atomic E-state index is 9.48. The Morgan fingerprint density at radius 2 is 1.18 bits per heavy atom. The van der Waals surface area contributed by atoms with E-state index in [-0.39, 0.29) is 43.9 Å². The minimum atomic E-state index is -0.723. The fourth-order valence-corrected chi connectivity index (χ4v) is 5.72. The van der Waals surface area contributed by atoms with Gasteiger partial charge in [0.15, 0.2) is 0 Å². The van der Waals surface area contributed by atoms with Gasteiger partial charge in [-0.1, -0.05) is 127 Å². The van der Waals surface area contributed by atoms with E-state index in [1.165, 1.54) is 4.90 Å². The molecular formula is C42H27NO. The molecule has 0 fully saturated rings. The van der Waals surface area contributed by atoms with Crippen LogP contribution in [0.1, 0.15) is 21.9 Å². The summed E-state index contributed by atoms with van der Waals surface area (Å²) in [4.78, 5) is 1.21. The van der Waals surface area contributed by atoms with Crippen molar-refractivity contribution in [3.05, 3.63) is 163 Å². The summed E-state index contributed by atoms with van der Waals surface area (Å²) in [7, 11) is 0. The topological polar surface area (TPSA) is 16.4 Å². The Morgan fingerprint density at radius 1 is 0.477 bits per heavy atom. The van der Waals surface area contributed by atoms with Gasteiger partial charge in [0.25, 0.3) is 0 Å². The van der Waals surface area contributed by atoms with E-state index in [0.29, 0.717) is 0 Å². The lowest BCUT2D eigenvalue weighted by Crippen LogP contribution is -2.10. The molecule has 0 unspecified atom stereocenters. The predicted molar refractivity (Wildman–Crippen MR) is 186 cm³/mol. The zero-order valence-corrected chi connectivity index (χ0v) is 22.7. The van der Waals surface area contributed by atoms with Crippen molar-refractivity contribution in [3.8, 4) is 11.1 Å². The third-order valence-corrected chi connectivity index (χ3v) is 7.70. The molecule has 9 rings (SSSR count). The lowest BCUT2D eigenvalue weighted by Gasteiger charge is -2.27. The number of fused-ring (bicyclic) bond motifs is 7. The SMILES string of the molecule is [2H]c1c([2H])c(N(c2ccc(-c3cccc4ccccc34)cc2)c2c([2H])c([2H])c([2H])c3c([2H])c([2H])c([2H])c([2H])c23)c2c(oc3c4c([2H])c([2H])c([2H])c([2H])c4c([2H])c([2H])c32)c1[2H]. The van der Waals surface area contributed by atoms with Crippen LogP contribution in [0.2, 0.25) is 0 Å². The van der Waals surface area contributed by atoms with Crippen LogP contribution in [-0.2, 0) is 0 Å². The van der Waals surface area contributed by atoms with Gasteiger partial charge in [-0.15, -0.1) is 0 Å². The summed E-state index contributed by atoms with van der Waals surface area (Å²) in [6, 6.07) is 9.65. The summed E-state index contributed by atoms with van der Waals surface area (Å²) in [5, 5.41) is 0.0450. The van der Waals surface area contributed by atoms with Crippen molar-refractivity contribution in [1.29, 1.82) is 0 Å². The summed E-state index contributed by atoms with van der Waals surface area (Å²) in [6.45, 7) is 0. The van der Waals surface area contributed by atoms with Gasteiger partial charge in [0.2, 0.25) is 0 Å². The minimum absolute atomic E-state index is 0.125. The van der Waals surface area contributed by atoms with Crippen molar-refractivity contribution < 1.29 is 26.3 Å². The zero-order chi connectivity index (χ0) is 43.0. The molecule has 0 saturated heterocycles. The molecule has 0 aliphatic rings. The Hall–Kier alpha value is -5.86. The highest BCUT2D eigenvalue weighted by Crippen LogP contribution is 2.46. The molecule has 206 valence electrons. The molecule has 8 aromatic carbocycles. The monoisotopic (exact) mass is 577 g/mol. The van der Waals surface area contributed by atoms with E-state index < -0.39 is 113 Å². The highest BCUT2D eigenvalue weighted by molar-refractivity contribution is 6.20. The molecular weight excluding hydrogens is 534 g/mol. The fourth-order valence-electron chi connectivity index (χ4n) is 5.72. The molecule has 0 radical (unpaired) electrons. The quantitative estimate of drug-likeness (QED) is 0.207. The van der Waals surface area contributed by atoms with Crippen molar-refractivity contribution in [2.75, 3.05) is 4.90 Å². The Morgan fingerprint density at radius 3 is 2.07 bits per heavy atom. The van der Waals surface area contributed by atoms with Crippen LogP contribution in [0.4, 0.5) is 17.1 Å². The molecule has 0 amide bonds. The van der Waals surface area contributed by atoms with Gasteiger partial charge >= 0.3 is 0 Å². The number of anilines is 3. The Balaban J connectivity index is 1.50. The first-order valence-electron chi connectivity index (χ1n) is 21.7. The van der Waals surface area contributed by atoms with Gasteiger partial charge in [-0.3, -0.25) is 0 Å². The largest absolute Gasteiger partial charge is 0.455 e. The van der Waals surface area contributed by atoms with Gasteiger partial charge in [0.1, 0.15) is 11.2 Å². The molecule has 2 nitrogen and oxygen atoms in total. The van der Waals surface area contributed by atoms with Gasteiger partial charge in [-0.25, -0.2) is 0 Å². The summed E-state index contributed by atoms with van der Waals surface area (Å²) in [6.07, 6.45) is 0. The normalized spacial score (nSPS) is 16.7. The number of benzene rings is 8. The van der Waals surface area contributed by atoms with Gasteiger partial charge < -0.3 is 9.32 Å². The Kier molecular flexibility index (Phi) is 3.05. The number of nitrogens with zero attached hydrogens (tertiary/aromatic N) is 1. The molecule has 0 bridgehead atoms. The number of furan rings is 1. The number of hydrogen-bond acceptors (Lipinski definition) is 2. The fraction of sp³-hybridized carbons (Fsp3) is 0. The summed E-state index contributed by atoms with van der Waals surface area (Å²) < 4.78 is 148. The van der Waals surface area contributed by atoms with Gasteiger partial charge in [0, 0.05) is 21.8 Å². The second-order valence-electron chi connectivity index (χ2n) is 10.1. The summed E-state index contributed by atoms with van der Waals surface area (Å²) >= 11 is 0. The van der Waals surface area contributed by atoms with Crippen molar-refractivity contribution in [2.24, 2.45) is 0 Å². The molecule has 2 heteroatoms. The van der Waals surface area contributed by atoms with Crippen LogP contribution in [0.15, 0.2) is 168 Å². The third kappa shape index (κ3) is 3.82. The maximum Gasteiger partial charge on any atom is 0.143 e. The van der Waals surface area contributed by atoms with Crippen LogP contribution in [0.3, 0.4) is 0 Å². The smallest absolute Gasteiger partial charge is 0.143 e. The minimum Gasteiger partial charge on any atom is -0.455 e.